The van der Waals surface area contributed by atoms with Crippen LogP contribution in [-0.2, 0) is 0 Å². The van der Waals surface area contributed by atoms with Crippen molar-refractivity contribution in [3.8, 4) is 0 Å². The van der Waals surface area contributed by atoms with Gasteiger partial charge in [0.1, 0.15) is 5.82 Å². The van der Waals surface area contributed by atoms with Crippen molar-refractivity contribution < 1.29 is 4.79 Å². The molecule has 0 saturated carbocycles. The largest absolute Gasteiger partial charge is 0.384 e. The maximum Gasteiger partial charge on any atom is 0.265 e. The highest BCUT2D eigenvalue weighted by Gasteiger charge is 2.26. The fourth-order valence-electron chi connectivity index (χ4n) is 2.82. The van der Waals surface area contributed by atoms with Gasteiger partial charge in [-0.2, -0.15) is 0 Å². The first kappa shape index (κ1) is 15.8. The monoisotopic (exact) mass is 290 g/mol. The minimum atomic E-state index is -0.105. The number of carbonyl (C=O) groups excluding carboxylic acids is 1. The number of carbonyl (C=O) groups is 1. The number of hydrazine groups is 1. The average Bonchev–Trinajstić information content (AvgIpc) is 2.42. The third-order valence-electron chi connectivity index (χ3n) is 4.14. The first-order valence-electron chi connectivity index (χ1n) is 7.75. The van der Waals surface area contributed by atoms with Crippen LogP contribution in [-0.4, -0.2) is 28.0 Å². The summed E-state index contributed by atoms with van der Waals surface area (Å²) in [5.41, 5.74) is 10.3. The van der Waals surface area contributed by atoms with Gasteiger partial charge in [-0.3, -0.25) is 10.2 Å². The van der Waals surface area contributed by atoms with E-state index >= 15 is 0 Å². The zero-order chi connectivity index (χ0) is 15.6. The molecule has 1 aliphatic heterocycles. The summed E-state index contributed by atoms with van der Waals surface area (Å²) in [6.45, 7) is 8.38. The number of pyridine rings is 1. The lowest BCUT2D eigenvalue weighted by Crippen LogP contribution is -2.54. The molecule has 2 rings (SSSR count). The Hall–Kier alpha value is -1.62. The van der Waals surface area contributed by atoms with E-state index in [1.807, 2.05) is 19.9 Å². The number of hydrogen-bond donors (Lipinski definition) is 2. The van der Waals surface area contributed by atoms with Crippen LogP contribution in [0.4, 0.5) is 5.82 Å². The molecule has 1 amide bonds. The number of nitrogens with one attached hydrogen (secondary N) is 1. The van der Waals surface area contributed by atoms with Gasteiger partial charge in [0.2, 0.25) is 0 Å². The predicted molar refractivity (Wildman–Crippen MR) is 84.8 cm³/mol. The summed E-state index contributed by atoms with van der Waals surface area (Å²) in [6.07, 6.45) is 3.44. The lowest BCUT2D eigenvalue weighted by atomic mass is 10.00. The normalized spacial score (nSPS) is 23.3. The summed E-state index contributed by atoms with van der Waals surface area (Å²) in [7, 11) is 0. The van der Waals surface area contributed by atoms with Gasteiger partial charge in [0.25, 0.3) is 5.91 Å². The van der Waals surface area contributed by atoms with Gasteiger partial charge in [-0.05, 0) is 44.7 Å². The van der Waals surface area contributed by atoms with Crippen LogP contribution in [0, 0.1) is 0 Å². The second kappa shape index (κ2) is 6.43. The number of nitrogens with zero attached hydrogens (tertiary/aromatic N) is 2. The SMILES string of the molecule is CC(C)c1cc(C(=O)NN2C(C)CCCC2C)cc(N)n1. The summed E-state index contributed by atoms with van der Waals surface area (Å²) in [6, 6.07) is 4.19. The van der Waals surface area contributed by atoms with Crippen molar-refractivity contribution in [2.24, 2.45) is 0 Å². The lowest BCUT2D eigenvalue weighted by Gasteiger charge is -2.38. The molecule has 1 saturated heterocycles. The van der Waals surface area contributed by atoms with Crippen molar-refractivity contribution >= 4 is 11.7 Å². The molecule has 3 N–H and O–H groups in total. The van der Waals surface area contributed by atoms with E-state index in [4.69, 9.17) is 5.73 Å². The number of piperidine rings is 1. The van der Waals surface area contributed by atoms with Crippen LogP contribution in [0.25, 0.3) is 0 Å². The molecule has 116 valence electrons. The fourth-order valence-corrected chi connectivity index (χ4v) is 2.82. The molecule has 1 aliphatic rings. The Bertz CT molecular complexity index is 505. The zero-order valence-electron chi connectivity index (χ0n) is 13.4. The third kappa shape index (κ3) is 3.73. The Morgan fingerprint density at radius 3 is 2.52 bits per heavy atom. The average molecular weight is 290 g/mol. The molecular formula is C16H26N4O. The van der Waals surface area contributed by atoms with Gasteiger partial charge in [0.05, 0.1) is 0 Å². The van der Waals surface area contributed by atoms with Crippen molar-refractivity contribution in [2.45, 2.75) is 65.0 Å². The predicted octanol–water partition coefficient (Wildman–Crippen LogP) is 2.69. The molecule has 1 aromatic rings. The summed E-state index contributed by atoms with van der Waals surface area (Å²) < 4.78 is 0. The summed E-state index contributed by atoms with van der Waals surface area (Å²) in [5.74, 6) is 0.533. The molecule has 1 fully saturated rings. The summed E-state index contributed by atoms with van der Waals surface area (Å²) in [5, 5.41) is 2.07. The smallest absolute Gasteiger partial charge is 0.265 e. The minimum absolute atomic E-state index is 0.105. The van der Waals surface area contributed by atoms with Gasteiger partial charge in [-0.25, -0.2) is 9.99 Å². The molecule has 0 aromatic carbocycles. The van der Waals surface area contributed by atoms with E-state index in [1.165, 1.54) is 6.42 Å². The number of hydrogen-bond acceptors (Lipinski definition) is 4. The highest BCUT2D eigenvalue weighted by Crippen LogP contribution is 2.21. The number of rotatable bonds is 3. The van der Waals surface area contributed by atoms with Crippen molar-refractivity contribution in [1.82, 2.24) is 15.4 Å². The Morgan fingerprint density at radius 1 is 1.33 bits per heavy atom. The number of nitrogens with two attached hydrogens (primary N) is 1. The molecule has 0 spiro atoms. The molecule has 2 heterocycles. The standard InChI is InChI=1S/C16H26N4O/c1-10(2)14-8-13(9-15(17)18-14)16(21)19-20-11(3)6-5-7-12(20)4/h8-12H,5-7H2,1-4H3,(H2,17,18)(H,19,21). The van der Waals surface area contributed by atoms with E-state index in [0.29, 0.717) is 23.5 Å². The van der Waals surface area contributed by atoms with Crippen LogP contribution in [0.15, 0.2) is 12.1 Å². The first-order chi connectivity index (χ1) is 9.88. The Morgan fingerprint density at radius 2 is 1.95 bits per heavy atom. The molecule has 5 nitrogen and oxygen atoms in total. The van der Waals surface area contributed by atoms with E-state index in [0.717, 1.165) is 18.5 Å². The molecule has 21 heavy (non-hydrogen) atoms. The van der Waals surface area contributed by atoms with E-state index in [-0.39, 0.29) is 11.8 Å². The van der Waals surface area contributed by atoms with E-state index in [1.54, 1.807) is 6.07 Å². The van der Waals surface area contributed by atoms with Crippen LogP contribution in [0.3, 0.4) is 0 Å². The van der Waals surface area contributed by atoms with Crippen molar-refractivity contribution in [1.29, 1.82) is 0 Å². The molecule has 2 unspecified atom stereocenters. The summed E-state index contributed by atoms with van der Waals surface area (Å²) >= 11 is 0. The molecule has 0 bridgehead atoms. The molecule has 0 aliphatic carbocycles. The van der Waals surface area contributed by atoms with E-state index in [2.05, 4.69) is 29.3 Å². The molecule has 0 radical (unpaired) electrons. The van der Waals surface area contributed by atoms with Crippen LogP contribution < -0.4 is 11.2 Å². The minimum Gasteiger partial charge on any atom is -0.384 e. The molecule has 2 atom stereocenters. The first-order valence-corrected chi connectivity index (χ1v) is 7.75. The maximum atomic E-state index is 12.5. The molecule has 5 heteroatoms. The quantitative estimate of drug-likeness (QED) is 0.898. The van der Waals surface area contributed by atoms with Crippen molar-refractivity contribution in [2.75, 3.05) is 5.73 Å². The Labute approximate surface area is 126 Å². The van der Waals surface area contributed by atoms with Crippen LogP contribution in [0.2, 0.25) is 0 Å². The lowest BCUT2D eigenvalue weighted by molar-refractivity contribution is 0.0369. The van der Waals surface area contributed by atoms with E-state index in [9.17, 15) is 4.79 Å². The number of amides is 1. The van der Waals surface area contributed by atoms with Gasteiger partial charge in [0.15, 0.2) is 0 Å². The number of nitrogen functional groups attached to an aromatic ring is 1. The third-order valence-corrected chi connectivity index (χ3v) is 4.14. The topological polar surface area (TPSA) is 71.2 Å². The number of aromatic nitrogens is 1. The van der Waals surface area contributed by atoms with Gasteiger partial charge >= 0.3 is 0 Å². The molecular weight excluding hydrogens is 264 g/mol. The molecule has 1 aromatic heterocycles. The summed E-state index contributed by atoms with van der Waals surface area (Å²) in [4.78, 5) is 16.8. The van der Waals surface area contributed by atoms with Gasteiger partial charge in [-0.1, -0.05) is 20.3 Å². The maximum absolute atomic E-state index is 12.5. The van der Waals surface area contributed by atoms with Crippen LogP contribution in [0.1, 0.15) is 68.9 Å². The second-order valence-corrected chi connectivity index (χ2v) is 6.34. The zero-order valence-corrected chi connectivity index (χ0v) is 13.4. The fraction of sp³-hybridized carbons (Fsp3) is 0.625. The van der Waals surface area contributed by atoms with Crippen LogP contribution >= 0.6 is 0 Å². The van der Waals surface area contributed by atoms with Gasteiger partial charge in [-0.15, -0.1) is 0 Å². The Balaban J connectivity index is 2.16. The number of anilines is 1. The van der Waals surface area contributed by atoms with Crippen molar-refractivity contribution in [3.05, 3.63) is 23.4 Å². The van der Waals surface area contributed by atoms with Crippen molar-refractivity contribution in [3.63, 3.8) is 0 Å². The van der Waals surface area contributed by atoms with Crippen LogP contribution in [0.5, 0.6) is 0 Å². The second-order valence-electron chi connectivity index (χ2n) is 6.34. The highest BCUT2D eigenvalue weighted by atomic mass is 16.2. The van der Waals surface area contributed by atoms with Gasteiger partial charge < -0.3 is 5.73 Å². The van der Waals surface area contributed by atoms with E-state index < -0.39 is 0 Å². The Kier molecular flexibility index (Phi) is 4.83. The highest BCUT2D eigenvalue weighted by molar-refractivity contribution is 5.94. The van der Waals surface area contributed by atoms with Gasteiger partial charge in [0, 0.05) is 23.3 Å².